The summed E-state index contributed by atoms with van der Waals surface area (Å²) >= 11 is 0. The van der Waals surface area contributed by atoms with E-state index < -0.39 is 0 Å². The first kappa shape index (κ1) is 20.1. The number of nitrogens with zero attached hydrogens (tertiary/aromatic N) is 1. The molecule has 0 aliphatic rings. The summed E-state index contributed by atoms with van der Waals surface area (Å²) < 4.78 is 4.94. The lowest BCUT2D eigenvalue weighted by molar-refractivity contribution is 0.0526. The number of pyridine rings is 1. The molecule has 1 heterocycles. The molecule has 148 valence electrons. The Morgan fingerprint density at radius 3 is 2.41 bits per heavy atom. The first-order valence-electron chi connectivity index (χ1n) is 9.39. The second-order valence-electron chi connectivity index (χ2n) is 6.53. The quantitative estimate of drug-likeness (QED) is 0.584. The average molecular weight is 389 g/mol. The van der Waals surface area contributed by atoms with Crippen molar-refractivity contribution >= 4 is 23.4 Å². The van der Waals surface area contributed by atoms with Crippen LogP contribution in [0, 0.1) is 6.92 Å². The first-order valence-corrected chi connectivity index (χ1v) is 9.39. The third-order valence-electron chi connectivity index (χ3n) is 4.24. The predicted molar refractivity (Wildman–Crippen MR) is 113 cm³/mol. The highest BCUT2D eigenvalue weighted by atomic mass is 16.5. The number of rotatable bonds is 7. The molecule has 0 fully saturated rings. The fourth-order valence-corrected chi connectivity index (χ4v) is 2.75. The third kappa shape index (κ3) is 5.65. The van der Waals surface area contributed by atoms with Gasteiger partial charge in [-0.3, -0.25) is 4.79 Å². The molecular formula is C23H23N3O3. The molecule has 0 spiro atoms. The molecule has 0 atom stereocenters. The predicted octanol–water partition coefficient (Wildman–Crippen LogP) is 4.43. The number of ether oxygens (including phenoxy) is 1. The molecule has 2 N–H and O–H groups in total. The topological polar surface area (TPSA) is 80.3 Å². The summed E-state index contributed by atoms with van der Waals surface area (Å²) in [5, 5.41) is 6.03. The van der Waals surface area contributed by atoms with Crippen molar-refractivity contribution in [2.45, 2.75) is 20.4 Å². The van der Waals surface area contributed by atoms with Crippen molar-refractivity contribution in [3.05, 3.63) is 89.1 Å². The molecule has 0 bridgehead atoms. The maximum Gasteiger partial charge on any atom is 0.338 e. The van der Waals surface area contributed by atoms with Crippen LogP contribution >= 0.6 is 0 Å². The zero-order chi connectivity index (χ0) is 20.6. The minimum Gasteiger partial charge on any atom is -0.462 e. The summed E-state index contributed by atoms with van der Waals surface area (Å²) in [7, 11) is 0. The smallest absolute Gasteiger partial charge is 0.338 e. The Kier molecular flexibility index (Phi) is 6.58. The third-order valence-corrected chi connectivity index (χ3v) is 4.24. The summed E-state index contributed by atoms with van der Waals surface area (Å²) in [4.78, 5) is 28.4. The van der Waals surface area contributed by atoms with E-state index >= 15 is 0 Å². The van der Waals surface area contributed by atoms with Gasteiger partial charge < -0.3 is 15.4 Å². The number of hydrogen-bond donors (Lipinski definition) is 2. The van der Waals surface area contributed by atoms with E-state index in [-0.39, 0.29) is 11.9 Å². The van der Waals surface area contributed by atoms with Crippen molar-refractivity contribution in [1.82, 2.24) is 4.98 Å². The standard InChI is InChI=1S/C23H23N3O3/c1-3-29-23(28)18-7-10-20(11-8-18)26-22(27)19-9-12-21(25-15-19)24-14-17-6-4-5-16(2)13-17/h4-13,15H,3,14H2,1-2H3,(H,24,25)(H,26,27). The number of aryl methyl sites for hydroxylation is 1. The maximum atomic E-state index is 12.4. The van der Waals surface area contributed by atoms with Gasteiger partial charge in [0.15, 0.2) is 0 Å². The second kappa shape index (κ2) is 9.50. The Hall–Kier alpha value is -3.67. The van der Waals surface area contributed by atoms with Gasteiger partial charge in [-0.05, 0) is 55.8 Å². The summed E-state index contributed by atoms with van der Waals surface area (Å²) in [6.07, 6.45) is 1.53. The molecule has 0 aliphatic heterocycles. The normalized spacial score (nSPS) is 10.3. The minimum atomic E-state index is -0.386. The van der Waals surface area contributed by atoms with E-state index in [1.807, 2.05) is 6.07 Å². The summed E-state index contributed by atoms with van der Waals surface area (Å²) in [5.74, 6) is 0.0387. The van der Waals surface area contributed by atoms with E-state index in [9.17, 15) is 9.59 Å². The van der Waals surface area contributed by atoms with Gasteiger partial charge in [-0.2, -0.15) is 0 Å². The SMILES string of the molecule is CCOC(=O)c1ccc(NC(=O)c2ccc(NCc3cccc(C)c3)nc2)cc1. The molecular weight excluding hydrogens is 366 g/mol. The van der Waals surface area contributed by atoms with Crippen molar-refractivity contribution in [3.63, 3.8) is 0 Å². The molecule has 29 heavy (non-hydrogen) atoms. The van der Waals surface area contributed by atoms with E-state index in [0.717, 1.165) is 0 Å². The van der Waals surface area contributed by atoms with Gasteiger partial charge in [0.05, 0.1) is 17.7 Å². The molecule has 0 radical (unpaired) electrons. The van der Waals surface area contributed by atoms with Crippen LogP contribution in [0.25, 0.3) is 0 Å². The molecule has 3 aromatic rings. The van der Waals surface area contributed by atoms with Gasteiger partial charge in [-0.1, -0.05) is 29.8 Å². The Bertz CT molecular complexity index is 983. The van der Waals surface area contributed by atoms with Gasteiger partial charge in [0.25, 0.3) is 5.91 Å². The fourth-order valence-electron chi connectivity index (χ4n) is 2.75. The average Bonchev–Trinajstić information content (AvgIpc) is 2.73. The number of esters is 1. The van der Waals surface area contributed by atoms with Crippen LogP contribution in [-0.2, 0) is 11.3 Å². The van der Waals surface area contributed by atoms with Crippen molar-refractivity contribution in [2.24, 2.45) is 0 Å². The number of benzene rings is 2. The van der Waals surface area contributed by atoms with Crippen molar-refractivity contribution in [1.29, 1.82) is 0 Å². The lowest BCUT2D eigenvalue weighted by atomic mass is 10.1. The number of aromatic nitrogens is 1. The van der Waals surface area contributed by atoms with E-state index in [0.29, 0.717) is 35.8 Å². The first-order chi connectivity index (χ1) is 14.0. The lowest BCUT2D eigenvalue weighted by Crippen LogP contribution is -2.13. The van der Waals surface area contributed by atoms with Crippen LogP contribution in [0.3, 0.4) is 0 Å². The number of anilines is 2. The summed E-state index contributed by atoms with van der Waals surface area (Å²) in [5.41, 5.74) is 3.85. The number of amides is 1. The number of hydrogen-bond acceptors (Lipinski definition) is 5. The zero-order valence-electron chi connectivity index (χ0n) is 16.4. The maximum absolute atomic E-state index is 12.4. The summed E-state index contributed by atoms with van der Waals surface area (Å²) in [6.45, 7) is 4.79. The van der Waals surface area contributed by atoms with Gasteiger partial charge in [-0.25, -0.2) is 9.78 Å². The Morgan fingerprint density at radius 1 is 1.00 bits per heavy atom. The van der Waals surface area contributed by atoms with Crippen LogP contribution in [0.1, 0.15) is 38.8 Å². The van der Waals surface area contributed by atoms with Crippen LogP contribution in [0.2, 0.25) is 0 Å². The number of carbonyl (C=O) groups excluding carboxylic acids is 2. The highest BCUT2D eigenvalue weighted by Crippen LogP contribution is 2.14. The minimum absolute atomic E-state index is 0.272. The Balaban J connectivity index is 1.56. The van der Waals surface area contributed by atoms with Crippen LogP contribution < -0.4 is 10.6 Å². The molecule has 6 nitrogen and oxygen atoms in total. The van der Waals surface area contributed by atoms with Crippen LogP contribution in [0.4, 0.5) is 11.5 Å². The van der Waals surface area contributed by atoms with Gasteiger partial charge in [0, 0.05) is 18.4 Å². The van der Waals surface area contributed by atoms with Crippen molar-refractivity contribution in [2.75, 3.05) is 17.2 Å². The zero-order valence-corrected chi connectivity index (χ0v) is 16.4. The summed E-state index contributed by atoms with van der Waals surface area (Å²) in [6, 6.07) is 18.3. The number of carbonyl (C=O) groups is 2. The second-order valence-corrected chi connectivity index (χ2v) is 6.53. The van der Waals surface area contributed by atoms with Gasteiger partial charge in [-0.15, -0.1) is 0 Å². The van der Waals surface area contributed by atoms with E-state index in [1.165, 1.54) is 17.3 Å². The van der Waals surface area contributed by atoms with Gasteiger partial charge in [0.1, 0.15) is 5.82 Å². The molecule has 3 rings (SSSR count). The highest BCUT2D eigenvalue weighted by Gasteiger charge is 2.09. The number of nitrogens with one attached hydrogen (secondary N) is 2. The van der Waals surface area contributed by atoms with Crippen LogP contribution in [0.5, 0.6) is 0 Å². The largest absolute Gasteiger partial charge is 0.462 e. The molecule has 1 amide bonds. The molecule has 0 saturated heterocycles. The Morgan fingerprint density at radius 2 is 1.76 bits per heavy atom. The molecule has 6 heteroatoms. The molecule has 0 aliphatic carbocycles. The molecule has 0 unspecified atom stereocenters. The molecule has 1 aromatic heterocycles. The fraction of sp³-hybridized carbons (Fsp3) is 0.174. The molecule has 0 saturated carbocycles. The van der Waals surface area contributed by atoms with Gasteiger partial charge in [0.2, 0.25) is 0 Å². The van der Waals surface area contributed by atoms with E-state index in [4.69, 9.17) is 4.74 Å². The van der Waals surface area contributed by atoms with E-state index in [2.05, 4.69) is 40.7 Å². The monoisotopic (exact) mass is 389 g/mol. The lowest BCUT2D eigenvalue weighted by Gasteiger charge is -2.09. The Labute approximate surface area is 169 Å². The van der Waals surface area contributed by atoms with Crippen molar-refractivity contribution < 1.29 is 14.3 Å². The highest BCUT2D eigenvalue weighted by molar-refractivity contribution is 6.04. The molecule has 2 aromatic carbocycles. The van der Waals surface area contributed by atoms with Crippen molar-refractivity contribution in [3.8, 4) is 0 Å². The van der Waals surface area contributed by atoms with Gasteiger partial charge >= 0.3 is 5.97 Å². The van der Waals surface area contributed by atoms with Crippen LogP contribution in [0.15, 0.2) is 66.9 Å². The van der Waals surface area contributed by atoms with Crippen LogP contribution in [-0.4, -0.2) is 23.5 Å². The van der Waals surface area contributed by atoms with E-state index in [1.54, 1.807) is 43.3 Å².